The van der Waals surface area contributed by atoms with E-state index in [9.17, 15) is 4.39 Å². The number of nitrogens with zero attached hydrogens (tertiary/aromatic N) is 1. The summed E-state index contributed by atoms with van der Waals surface area (Å²) in [5.74, 6) is 0.157. The molecule has 1 N–H and O–H groups in total. The lowest BCUT2D eigenvalue weighted by atomic mass is 9.99. The highest BCUT2D eigenvalue weighted by Crippen LogP contribution is 2.32. The van der Waals surface area contributed by atoms with E-state index in [1.54, 1.807) is 32.5 Å². The third-order valence-electron chi connectivity index (χ3n) is 2.86. The molecule has 0 saturated heterocycles. The molecule has 1 unspecified atom stereocenters. The van der Waals surface area contributed by atoms with Crippen molar-refractivity contribution in [1.82, 2.24) is 10.3 Å². The topological polar surface area (TPSA) is 34.2 Å². The Kier molecular flexibility index (Phi) is 4.35. The van der Waals surface area contributed by atoms with Crippen molar-refractivity contribution in [3.05, 3.63) is 58.5 Å². The van der Waals surface area contributed by atoms with Gasteiger partial charge in [-0.3, -0.25) is 0 Å². The van der Waals surface area contributed by atoms with Crippen LogP contribution in [0.25, 0.3) is 0 Å². The van der Waals surface area contributed by atoms with E-state index < -0.39 is 0 Å². The van der Waals surface area contributed by atoms with Crippen molar-refractivity contribution in [3.8, 4) is 5.88 Å². The van der Waals surface area contributed by atoms with Crippen LogP contribution in [0.15, 0.2) is 36.5 Å². The fourth-order valence-electron chi connectivity index (χ4n) is 2.01. The van der Waals surface area contributed by atoms with Gasteiger partial charge in [0.25, 0.3) is 0 Å². The van der Waals surface area contributed by atoms with E-state index >= 15 is 0 Å². The predicted molar refractivity (Wildman–Crippen MR) is 73.1 cm³/mol. The molecule has 19 heavy (non-hydrogen) atoms. The van der Waals surface area contributed by atoms with Gasteiger partial charge in [0.1, 0.15) is 5.82 Å². The van der Waals surface area contributed by atoms with Crippen molar-refractivity contribution in [3.63, 3.8) is 0 Å². The third kappa shape index (κ3) is 2.85. The van der Waals surface area contributed by atoms with Gasteiger partial charge < -0.3 is 10.1 Å². The molecule has 2 rings (SSSR count). The Morgan fingerprint density at radius 2 is 2.11 bits per heavy atom. The Balaban J connectivity index is 2.53. The Morgan fingerprint density at radius 1 is 1.32 bits per heavy atom. The van der Waals surface area contributed by atoms with Gasteiger partial charge in [-0.05, 0) is 36.9 Å². The fourth-order valence-corrected chi connectivity index (χ4v) is 2.23. The average Bonchev–Trinajstić information content (AvgIpc) is 2.44. The van der Waals surface area contributed by atoms with Crippen LogP contribution in [0.2, 0.25) is 5.02 Å². The van der Waals surface area contributed by atoms with Crippen molar-refractivity contribution in [2.75, 3.05) is 14.2 Å². The largest absolute Gasteiger partial charge is 0.481 e. The molecule has 0 bridgehead atoms. The lowest BCUT2D eigenvalue weighted by molar-refractivity contribution is 0.388. The summed E-state index contributed by atoms with van der Waals surface area (Å²) in [6, 6.07) is 7.67. The first-order valence-electron chi connectivity index (χ1n) is 5.78. The molecular weight excluding hydrogens is 267 g/mol. The number of halogens is 2. The maximum absolute atomic E-state index is 13.4. The maximum atomic E-state index is 13.4. The highest BCUT2D eigenvalue weighted by Gasteiger charge is 2.20. The molecule has 0 aliphatic rings. The standard InChI is InChI=1S/C14H14ClFN2O/c1-17-13(10-4-3-7-18-14(10)19-2)11-8-9(16)5-6-12(11)15/h3-8,13,17H,1-2H3. The number of hydrogen-bond acceptors (Lipinski definition) is 3. The van der Waals surface area contributed by atoms with E-state index in [-0.39, 0.29) is 11.9 Å². The molecule has 100 valence electrons. The second-order valence-corrected chi connectivity index (χ2v) is 4.40. The summed E-state index contributed by atoms with van der Waals surface area (Å²) in [7, 11) is 3.32. The number of nitrogens with one attached hydrogen (secondary N) is 1. The normalized spacial score (nSPS) is 12.2. The first-order valence-corrected chi connectivity index (χ1v) is 6.16. The molecule has 1 atom stereocenters. The lowest BCUT2D eigenvalue weighted by Gasteiger charge is -2.20. The van der Waals surface area contributed by atoms with E-state index in [0.717, 1.165) is 5.56 Å². The lowest BCUT2D eigenvalue weighted by Crippen LogP contribution is -2.19. The average molecular weight is 281 g/mol. The summed E-state index contributed by atoms with van der Waals surface area (Å²) in [5, 5.41) is 3.60. The zero-order valence-electron chi connectivity index (χ0n) is 10.7. The van der Waals surface area contributed by atoms with E-state index in [4.69, 9.17) is 16.3 Å². The van der Waals surface area contributed by atoms with Gasteiger partial charge in [-0.25, -0.2) is 9.37 Å². The van der Waals surface area contributed by atoms with Crippen LogP contribution < -0.4 is 10.1 Å². The molecule has 1 heterocycles. The van der Waals surface area contributed by atoms with E-state index in [1.807, 2.05) is 6.07 Å². The molecule has 0 saturated carbocycles. The van der Waals surface area contributed by atoms with Gasteiger partial charge in [0.15, 0.2) is 0 Å². The summed E-state index contributed by atoms with van der Waals surface area (Å²) >= 11 is 6.15. The molecule has 1 aromatic heterocycles. The summed E-state index contributed by atoms with van der Waals surface area (Å²) in [6.45, 7) is 0. The molecule has 5 heteroatoms. The van der Waals surface area contributed by atoms with Crippen molar-refractivity contribution >= 4 is 11.6 Å². The zero-order chi connectivity index (χ0) is 13.8. The Morgan fingerprint density at radius 3 is 2.79 bits per heavy atom. The van der Waals surface area contributed by atoms with Gasteiger partial charge in [-0.2, -0.15) is 0 Å². The van der Waals surface area contributed by atoms with Crippen LogP contribution >= 0.6 is 11.6 Å². The fraction of sp³-hybridized carbons (Fsp3) is 0.214. The minimum Gasteiger partial charge on any atom is -0.481 e. The van der Waals surface area contributed by atoms with Crippen LogP contribution in [0.5, 0.6) is 5.88 Å². The number of aromatic nitrogens is 1. The Hall–Kier alpha value is -1.65. The van der Waals surface area contributed by atoms with Crippen LogP contribution in [0.3, 0.4) is 0 Å². The second kappa shape index (κ2) is 5.99. The summed E-state index contributed by atoms with van der Waals surface area (Å²) in [6.07, 6.45) is 1.64. The van der Waals surface area contributed by atoms with Crippen LogP contribution in [0, 0.1) is 5.82 Å². The minimum absolute atomic E-state index is 0.285. The Labute approximate surface area is 116 Å². The number of hydrogen-bond donors (Lipinski definition) is 1. The van der Waals surface area contributed by atoms with Crippen molar-refractivity contribution in [1.29, 1.82) is 0 Å². The van der Waals surface area contributed by atoms with E-state index in [2.05, 4.69) is 10.3 Å². The highest BCUT2D eigenvalue weighted by atomic mass is 35.5. The zero-order valence-corrected chi connectivity index (χ0v) is 11.4. The number of ether oxygens (including phenoxy) is 1. The van der Waals surface area contributed by atoms with Gasteiger partial charge in [0.2, 0.25) is 5.88 Å². The summed E-state index contributed by atoms with van der Waals surface area (Å²) in [4.78, 5) is 4.14. The molecule has 0 aliphatic heterocycles. The van der Waals surface area contributed by atoms with Crippen molar-refractivity contribution in [2.45, 2.75) is 6.04 Å². The van der Waals surface area contributed by atoms with Crippen LogP contribution in [0.1, 0.15) is 17.2 Å². The van der Waals surface area contributed by atoms with Crippen LogP contribution in [-0.4, -0.2) is 19.1 Å². The quantitative estimate of drug-likeness (QED) is 0.934. The monoisotopic (exact) mass is 280 g/mol. The molecule has 0 spiro atoms. The molecule has 0 radical (unpaired) electrons. The van der Waals surface area contributed by atoms with Gasteiger partial charge in [0.05, 0.1) is 13.2 Å². The SMILES string of the molecule is CNC(c1cc(F)ccc1Cl)c1cccnc1OC. The minimum atomic E-state index is -0.331. The maximum Gasteiger partial charge on any atom is 0.218 e. The number of rotatable bonds is 4. The number of pyridine rings is 1. The van der Waals surface area contributed by atoms with Crippen molar-refractivity contribution < 1.29 is 9.13 Å². The van der Waals surface area contributed by atoms with E-state index in [1.165, 1.54) is 12.1 Å². The predicted octanol–water partition coefficient (Wildman–Crippen LogP) is 3.19. The molecule has 2 aromatic rings. The van der Waals surface area contributed by atoms with Gasteiger partial charge in [0, 0.05) is 16.8 Å². The first kappa shape index (κ1) is 13.8. The van der Waals surface area contributed by atoms with Gasteiger partial charge in [-0.1, -0.05) is 17.7 Å². The molecular formula is C14H14ClFN2O. The summed E-state index contributed by atoms with van der Waals surface area (Å²) in [5.41, 5.74) is 1.45. The smallest absolute Gasteiger partial charge is 0.218 e. The van der Waals surface area contributed by atoms with Crippen LogP contribution in [0.4, 0.5) is 4.39 Å². The van der Waals surface area contributed by atoms with Crippen molar-refractivity contribution in [2.24, 2.45) is 0 Å². The highest BCUT2D eigenvalue weighted by molar-refractivity contribution is 6.31. The van der Waals surface area contributed by atoms with Gasteiger partial charge in [-0.15, -0.1) is 0 Å². The second-order valence-electron chi connectivity index (χ2n) is 3.99. The number of methoxy groups -OCH3 is 1. The first-order chi connectivity index (χ1) is 9.17. The van der Waals surface area contributed by atoms with Crippen LogP contribution in [-0.2, 0) is 0 Å². The molecule has 1 aromatic carbocycles. The molecule has 0 fully saturated rings. The molecule has 3 nitrogen and oxygen atoms in total. The number of benzene rings is 1. The van der Waals surface area contributed by atoms with Gasteiger partial charge >= 0.3 is 0 Å². The Bertz CT molecular complexity index is 577. The molecule has 0 aliphatic carbocycles. The third-order valence-corrected chi connectivity index (χ3v) is 3.21. The summed E-state index contributed by atoms with van der Waals surface area (Å²) < 4.78 is 18.6. The van der Waals surface area contributed by atoms with E-state index in [0.29, 0.717) is 16.5 Å². The molecule has 0 amide bonds.